The van der Waals surface area contributed by atoms with Gasteiger partial charge in [-0.3, -0.25) is 9.69 Å². The van der Waals surface area contributed by atoms with E-state index in [1.807, 2.05) is 18.7 Å². The number of amides is 1. The Morgan fingerprint density at radius 3 is 2.76 bits per heavy atom. The maximum atomic E-state index is 12.3. The first-order valence-corrected chi connectivity index (χ1v) is 7.85. The predicted octanol–water partition coefficient (Wildman–Crippen LogP) is 0.449. The van der Waals surface area contributed by atoms with E-state index in [0.717, 1.165) is 39.4 Å². The Balaban J connectivity index is 2.41. The van der Waals surface area contributed by atoms with E-state index >= 15 is 0 Å². The lowest BCUT2D eigenvalue weighted by molar-refractivity contribution is -0.132. The van der Waals surface area contributed by atoms with Gasteiger partial charge in [-0.2, -0.15) is 5.26 Å². The van der Waals surface area contributed by atoms with Crippen molar-refractivity contribution in [1.29, 1.82) is 5.26 Å². The van der Waals surface area contributed by atoms with E-state index in [-0.39, 0.29) is 11.9 Å². The number of nitrogens with zero attached hydrogens (tertiary/aromatic N) is 3. The molecule has 0 aromatic rings. The fourth-order valence-electron chi connectivity index (χ4n) is 2.44. The first-order valence-electron chi connectivity index (χ1n) is 7.85. The van der Waals surface area contributed by atoms with Crippen LogP contribution in [0.25, 0.3) is 0 Å². The second-order valence-electron chi connectivity index (χ2n) is 5.41. The molecule has 1 aliphatic rings. The second-order valence-corrected chi connectivity index (χ2v) is 5.41. The molecular weight excluding hydrogens is 268 g/mol. The van der Waals surface area contributed by atoms with Crippen molar-refractivity contribution in [3.8, 4) is 6.07 Å². The Hall–Kier alpha value is -1.16. The minimum absolute atomic E-state index is 0.131. The molecule has 1 atom stereocenters. The number of hydrogen-bond acceptors (Lipinski definition) is 5. The van der Waals surface area contributed by atoms with Gasteiger partial charge < -0.3 is 15.0 Å². The summed E-state index contributed by atoms with van der Waals surface area (Å²) >= 11 is 0. The zero-order valence-corrected chi connectivity index (χ0v) is 13.3. The average Bonchev–Trinajstić information content (AvgIpc) is 2.48. The van der Waals surface area contributed by atoms with Gasteiger partial charge in [-0.25, -0.2) is 0 Å². The van der Waals surface area contributed by atoms with Gasteiger partial charge in [0.1, 0.15) is 0 Å². The molecule has 1 aliphatic heterocycles. The number of carbonyl (C=O) groups excluding carboxylic acids is 1. The Morgan fingerprint density at radius 1 is 1.43 bits per heavy atom. The van der Waals surface area contributed by atoms with E-state index in [4.69, 9.17) is 10.00 Å². The zero-order valence-electron chi connectivity index (χ0n) is 13.3. The third-order valence-corrected chi connectivity index (χ3v) is 3.67. The van der Waals surface area contributed by atoms with Crippen LogP contribution in [0.2, 0.25) is 0 Å². The van der Waals surface area contributed by atoms with Crippen molar-refractivity contribution in [3.05, 3.63) is 0 Å². The summed E-state index contributed by atoms with van der Waals surface area (Å²) in [6.07, 6.45) is 0.882. The lowest BCUT2D eigenvalue weighted by Gasteiger charge is -2.30. The molecule has 1 saturated heterocycles. The topological polar surface area (TPSA) is 68.6 Å². The van der Waals surface area contributed by atoms with Crippen LogP contribution in [-0.4, -0.2) is 74.2 Å². The van der Waals surface area contributed by atoms with Gasteiger partial charge in [-0.05, 0) is 13.5 Å². The van der Waals surface area contributed by atoms with Crippen LogP contribution in [0.1, 0.15) is 26.7 Å². The van der Waals surface area contributed by atoms with Crippen LogP contribution < -0.4 is 5.32 Å². The van der Waals surface area contributed by atoms with E-state index in [2.05, 4.69) is 16.3 Å². The third kappa shape index (κ3) is 7.42. The molecule has 1 N–H and O–H groups in total. The van der Waals surface area contributed by atoms with Crippen molar-refractivity contribution in [2.75, 3.05) is 52.5 Å². The molecule has 1 fully saturated rings. The fourth-order valence-corrected chi connectivity index (χ4v) is 2.44. The molecule has 6 heteroatoms. The van der Waals surface area contributed by atoms with Gasteiger partial charge >= 0.3 is 0 Å². The van der Waals surface area contributed by atoms with Gasteiger partial charge in [-0.15, -0.1) is 0 Å². The Labute approximate surface area is 128 Å². The number of nitrogens with one attached hydrogen (secondary N) is 1. The number of rotatable bonds is 9. The number of ether oxygens (including phenoxy) is 1. The molecule has 0 bridgehead atoms. The second kappa shape index (κ2) is 10.6. The SMILES string of the molecule is CCNC(C)CC(=O)N(CCC#N)CCN1CCOCC1. The van der Waals surface area contributed by atoms with Gasteiger partial charge in [0.05, 0.1) is 25.7 Å². The van der Waals surface area contributed by atoms with Crippen molar-refractivity contribution >= 4 is 5.91 Å². The molecule has 0 aromatic carbocycles. The first kappa shape index (κ1) is 17.9. The molecular formula is C15H28N4O2. The van der Waals surface area contributed by atoms with E-state index in [0.29, 0.717) is 25.9 Å². The van der Waals surface area contributed by atoms with Crippen molar-refractivity contribution in [1.82, 2.24) is 15.1 Å². The van der Waals surface area contributed by atoms with Gasteiger partial charge in [-0.1, -0.05) is 6.92 Å². The Kier molecular flexibility index (Phi) is 8.99. The summed E-state index contributed by atoms with van der Waals surface area (Å²) in [6, 6.07) is 2.30. The smallest absolute Gasteiger partial charge is 0.224 e. The molecule has 6 nitrogen and oxygen atoms in total. The molecule has 1 heterocycles. The summed E-state index contributed by atoms with van der Waals surface area (Å²) in [5.74, 6) is 0.131. The average molecular weight is 296 g/mol. The third-order valence-electron chi connectivity index (χ3n) is 3.67. The van der Waals surface area contributed by atoms with E-state index in [1.54, 1.807) is 0 Å². The molecule has 120 valence electrons. The van der Waals surface area contributed by atoms with Crippen LogP contribution >= 0.6 is 0 Å². The molecule has 0 saturated carbocycles. The van der Waals surface area contributed by atoms with Crippen LogP contribution in [0.3, 0.4) is 0 Å². The number of nitriles is 1. The summed E-state index contributed by atoms with van der Waals surface area (Å²) in [4.78, 5) is 16.5. The maximum Gasteiger partial charge on any atom is 0.224 e. The number of carbonyl (C=O) groups is 1. The van der Waals surface area contributed by atoms with Crippen LogP contribution in [-0.2, 0) is 9.53 Å². The van der Waals surface area contributed by atoms with Crippen LogP contribution in [0.5, 0.6) is 0 Å². The van der Waals surface area contributed by atoms with Crippen LogP contribution in [0, 0.1) is 11.3 Å². The Bertz CT molecular complexity index is 337. The van der Waals surface area contributed by atoms with E-state index in [9.17, 15) is 4.79 Å². The minimum atomic E-state index is 0.131. The highest BCUT2D eigenvalue weighted by molar-refractivity contribution is 5.76. The van der Waals surface area contributed by atoms with Crippen molar-refractivity contribution < 1.29 is 9.53 Å². The summed E-state index contributed by atoms with van der Waals surface area (Å²) in [5.41, 5.74) is 0. The predicted molar refractivity (Wildman–Crippen MR) is 81.8 cm³/mol. The molecule has 1 unspecified atom stereocenters. The fraction of sp³-hybridized carbons (Fsp3) is 0.867. The quantitative estimate of drug-likeness (QED) is 0.669. The highest BCUT2D eigenvalue weighted by atomic mass is 16.5. The highest BCUT2D eigenvalue weighted by Crippen LogP contribution is 2.03. The van der Waals surface area contributed by atoms with Gasteiger partial charge in [0.2, 0.25) is 5.91 Å². The van der Waals surface area contributed by atoms with Gasteiger partial charge in [0, 0.05) is 45.2 Å². The van der Waals surface area contributed by atoms with Gasteiger partial charge in [0.25, 0.3) is 0 Å². The maximum absolute atomic E-state index is 12.3. The largest absolute Gasteiger partial charge is 0.379 e. The lowest BCUT2D eigenvalue weighted by atomic mass is 10.2. The molecule has 0 aliphatic carbocycles. The van der Waals surface area contributed by atoms with Crippen molar-refractivity contribution in [3.63, 3.8) is 0 Å². The van der Waals surface area contributed by atoms with Crippen LogP contribution in [0.15, 0.2) is 0 Å². The number of hydrogen-bond donors (Lipinski definition) is 1. The summed E-state index contributed by atoms with van der Waals surface area (Å²) < 4.78 is 5.32. The zero-order chi connectivity index (χ0) is 15.5. The van der Waals surface area contributed by atoms with E-state index < -0.39 is 0 Å². The summed E-state index contributed by atoms with van der Waals surface area (Å²) in [5, 5.41) is 12.0. The molecule has 21 heavy (non-hydrogen) atoms. The van der Waals surface area contributed by atoms with Gasteiger partial charge in [0.15, 0.2) is 0 Å². The van der Waals surface area contributed by atoms with Crippen molar-refractivity contribution in [2.45, 2.75) is 32.7 Å². The van der Waals surface area contributed by atoms with Crippen LogP contribution in [0.4, 0.5) is 0 Å². The molecule has 0 aromatic heterocycles. The molecule has 1 rings (SSSR count). The number of morpholine rings is 1. The molecule has 1 amide bonds. The normalized spacial score (nSPS) is 17.2. The monoisotopic (exact) mass is 296 g/mol. The Morgan fingerprint density at radius 2 is 2.14 bits per heavy atom. The van der Waals surface area contributed by atoms with E-state index in [1.165, 1.54) is 0 Å². The first-order chi connectivity index (χ1) is 10.2. The summed E-state index contributed by atoms with van der Waals surface area (Å²) in [6.45, 7) is 10.4. The van der Waals surface area contributed by atoms with Crippen molar-refractivity contribution in [2.24, 2.45) is 0 Å². The standard InChI is InChI=1S/C15H28N4O2/c1-3-17-14(2)13-15(20)19(6-4-5-16)8-7-18-9-11-21-12-10-18/h14,17H,3-4,6-13H2,1-2H3. The summed E-state index contributed by atoms with van der Waals surface area (Å²) in [7, 11) is 0. The lowest BCUT2D eigenvalue weighted by Crippen LogP contribution is -2.44. The highest BCUT2D eigenvalue weighted by Gasteiger charge is 2.18. The molecule has 0 spiro atoms. The minimum Gasteiger partial charge on any atom is -0.379 e. The molecule has 0 radical (unpaired) electrons.